The lowest BCUT2D eigenvalue weighted by molar-refractivity contribution is 0.0606. The van der Waals surface area contributed by atoms with E-state index in [2.05, 4.69) is 15.3 Å². The highest BCUT2D eigenvalue weighted by Crippen LogP contribution is 2.21. The number of methoxy groups -OCH3 is 1. The van der Waals surface area contributed by atoms with Crippen LogP contribution in [0.25, 0.3) is 5.69 Å². The number of carbonyl (C=O) groups excluding carboxylic acids is 2. The van der Waals surface area contributed by atoms with Crippen LogP contribution in [0, 0.1) is 0 Å². The van der Waals surface area contributed by atoms with Gasteiger partial charge in [-0.25, -0.2) is 9.48 Å². The highest BCUT2D eigenvalue weighted by molar-refractivity contribution is 7.12. The van der Waals surface area contributed by atoms with Gasteiger partial charge in [-0.3, -0.25) is 9.78 Å². The van der Waals surface area contributed by atoms with E-state index in [0.717, 1.165) is 0 Å². The summed E-state index contributed by atoms with van der Waals surface area (Å²) < 4.78 is 6.09. The van der Waals surface area contributed by atoms with Gasteiger partial charge in [-0.1, -0.05) is 11.3 Å². The summed E-state index contributed by atoms with van der Waals surface area (Å²) in [4.78, 5) is 28.3. The molecule has 0 aliphatic heterocycles. The van der Waals surface area contributed by atoms with Crippen molar-refractivity contribution in [1.82, 2.24) is 20.0 Å². The Morgan fingerprint density at radius 2 is 2.09 bits per heavy atom. The molecule has 0 saturated carbocycles. The van der Waals surface area contributed by atoms with Gasteiger partial charge in [-0.15, -0.1) is 16.4 Å². The standard InChI is InChI=1S/C14H10N4O3S/c1-21-14(20)13-11(5-7-22-13)18-8-10(16-17-18)12(19)9-4-2-3-6-15-9/h2-8H,1H3. The van der Waals surface area contributed by atoms with Gasteiger partial charge < -0.3 is 4.74 Å². The molecule has 0 N–H and O–H groups in total. The van der Waals surface area contributed by atoms with Crippen molar-refractivity contribution in [3.05, 3.63) is 58.3 Å². The molecule has 8 heteroatoms. The number of rotatable bonds is 4. The average molecular weight is 314 g/mol. The van der Waals surface area contributed by atoms with Crippen LogP contribution < -0.4 is 0 Å². The van der Waals surface area contributed by atoms with Gasteiger partial charge in [-0.05, 0) is 23.6 Å². The first-order valence-corrected chi connectivity index (χ1v) is 7.13. The molecule has 22 heavy (non-hydrogen) atoms. The Morgan fingerprint density at radius 3 is 2.82 bits per heavy atom. The summed E-state index contributed by atoms with van der Waals surface area (Å²) in [6.07, 6.45) is 3.00. The Hall–Kier alpha value is -2.87. The summed E-state index contributed by atoms with van der Waals surface area (Å²) in [5.74, 6) is -0.792. The molecule has 3 rings (SSSR count). The van der Waals surface area contributed by atoms with Crippen LogP contribution in [-0.2, 0) is 4.74 Å². The first kappa shape index (κ1) is 14.1. The van der Waals surface area contributed by atoms with Crippen LogP contribution in [0.3, 0.4) is 0 Å². The number of hydrogen-bond donors (Lipinski definition) is 0. The van der Waals surface area contributed by atoms with Gasteiger partial charge in [0.05, 0.1) is 19.0 Å². The normalized spacial score (nSPS) is 10.4. The molecule has 7 nitrogen and oxygen atoms in total. The fourth-order valence-corrected chi connectivity index (χ4v) is 2.64. The van der Waals surface area contributed by atoms with E-state index < -0.39 is 5.97 Å². The zero-order valence-electron chi connectivity index (χ0n) is 11.5. The van der Waals surface area contributed by atoms with Crippen LogP contribution in [0.5, 0.6) is 0 Å². The number of hydrogen-bond acceptors (Lipinski definition) is 7. The van der Waals surface area contributed by atoms with Gasteiger partial charge in [0.15, 0.2) is 5.69 Å². The fourth-order valence-electron chi connectivity index (χ4n) is 1.84. The maximum absolute atomic E-state index is 12.2. The van der Waals surface area contributed by atoms with Crippen molar-refractivity contribution in [3.8, 4) is 5.69 Å². The van der Waals surface area contributed by atoms with E-state index in [1.165, 1.54) is 35.5 Å². The zero-order valence-corrected chi connectivity index (χ0v) is 12.3. The number of nitrogens with zero attached hydrogens (tertiary/aromatic N) is 4. The maximum Gasteiger partial charge on any atom is 0.350 e. The number of thiophene rings is 1. The largest absolute Gasteiger partial charge is 0.465 e. The summed E-state index contributed by atoms with van der Waals surface area (Å²) in [5, 5.41) is 9.49. The lowest BCUT2D eigenvalue weighted by Gasteiger charge is -2.00. The highest BCUT2D eigenvalue weighted by Gasteiger charge is 2.19. The Kier molecular flexibility index (Phi) is 3.75. The molecule has 0 radical (unpaired) electrons. The van der Waals surface area contributed by atoms with Gasteiger partial charge in [0.1, 0.15) is 10.6 Å². The summed E-state index contributed by atoms with van der Waals surface area (Å²) in [7, 11) is 1.31. The van der Waals surface area contributed by atoms with E-state index in [4.69, 9.17) is 4.74 Å². The molecule has 3 aromatic rings. The van der Waals surface area contributed by atoms with Crippen molar-refractivity contribution in [2.45, 2.75) is 0 Å². The third-order valence-electron chi connectivity index (χ3n) is 2.89. The lowest BCUT2D eigenvalue weighted by Crippen LogP contribution is -2.05. The second-order valence-electron chi connectivity index (χ2n) is 4.22. The second kappa shape index (κ2) is 5.86. The number of ketones is 1. The molecule has 0 atom stereocenters. The summed E-state index contributed by atoms with van der Waals surface area (Å²) in [6.45, 7) is 0. The van der Waals surface area contributed by atoms with Crippen LogP contribution >= 0.6 is 11.3 Å². The van der Waals surface area contributed by atoms with Crippen molar-refractivity contribution in [2.24, 2.45) is 0 Å². The zero-order chi connectivity index (χ0) is 15.5. The Morgan fingerprint density at radius 1 is 1.23 bits per heavy atom. The lowest BCUT2D eigenvalue weighted by atomic mass is 10.2. The molecule has 0 bridgehead atoms. The Labute approximate surface area is 129 Å². The SMILES string of the molecule is COC(=O)c1sccc1-n1cc(C(=O)c2ccccn2)nn1. The summed E-state index contributed by atoms with van der Waals surface area (Å²) in [5.41, 5.74) is 0.957. The molecule has 0 fully saturated rings. The Balaban J connectivity index is 1.94. The number of pyridine rings is 1. The van der Waals surface area contributed by atoms with Crippen LogP contribution in [0.4, 0.5) is 0 Å². The van der Waals surface area contributed by atoms with E-state index in [1.54, 1.807) is 29.6 Å². The molecule has 0 aliphatic carbocycles. The van der Waals surface area contributed by atoms with E-state index in [1.807, 2.05) is 0 Å². The van der Waals surface area contributed by atoms with Gasteiger partial charge in [0.25, 0.3) is 0 Å². The topological polar surface area (TPSA) is 87.0 Å². The average Bonchev–Trinajstić information content (AvgIpc) is 3.23. The smallest absolute Gasteiger partial charge is 0.350 e. The summed E-state index contributed by atoms with van der Waals surface area (Å²) in [6, 6.07) is 6.76. The number of carbonyl (C=O) groups is 2. The minimum Gasteiger partial charge on any atom is -0.465 e. The van der Waals surface area contributed by atoms with Gasteiger partial charge in [-0.2, -0.15) is 0 Å². The second-order valence-corrected chi connectivity index (χ2v) is 5.14. The molecule has 110 valence electrons. The van der Waals surface area contributed by atoms with E-state index in [-0.39, 0.29) is 17.2 Å². The van der Waals surface area contributed by atoms with Crippen LogP contribution in [0.1, 0.15) is 25.9 Å². The number of aromatic nitrogens is 4. The van der Waals surface area contributed by atoms with Crippen molar-refractivity contribution >= 4 is 23.1 Å². The first-order chi connectivity index (χ1) is 10.7. The van der Waals surface area contributed by atoms with Crippen molar-refractivity contribution in [2.75, 3.05) is 7.11 Å². The van der Waals surface area contributed by atoms with Crippen LogP contribution in [-0.4, -0.2) is 38.8 Å². The first-order valence-electron chi connectivity index (χ1n) is 6.25. The molecule has 0 unspecified atom stereocenters. The number of ether oxygens (including phenoxy) is 1. The monoisotopic (exact) mass is 314 g/mol. The van der Waals surface area contributed by atoms with Gasteiger partial charge in [0.2, 0.25) is 5.78 Å². The highest BCUT2D eigenvalue weighted by atomic mass is 32.1. The maximum atomic E-state index is 12.2. The third-order valence-corrected chi connectivity index (χ3v) is 3.77. The van der Waals surface area contributed by atoms with Gasteiger partial charge in [0, 0.05) is 6.20 Å². The van der Waals surface area contributed by atoms with Crippen molar-refractivity contribution in [1.29, 1.82) is 0 Å². The van der Waals surface area contributed by atoms with Crippen LogP contribution in [0.15, 0.2) is 42.0 Å². The van der Waals surface area contributed by atoms with Crippen molar-refractivity contribution in [3.63, 3.8) is 0 Å². The van der Waals surface area contributed by atoms with Crippen LogP contribution in [0.2, 0.25) is 0 Å². The van der Waals surface area contributed by atoms with Crippen molar-refractivity contribution < 1.29 is 14.3 Å². The minimum absolute atomic E-state index is 0.153. The Bertz CT molecular complexity index is 825. The third kappa shape index (κ3) is 2.51. The fraction of sp³-hybridized carbons (Fsp3) is 0.0714. The van der Waals surface area contributed by atoms with E-state index in [9.17, 15) is 9.59 Å². The molecular weight excluding hydrogens is 304 g/mol. The number of esters is 1. The molecule has 0 aliphatic rings. The molecule has 0 saturated heterocycles. The minimum atomic E-state index is -0.460. The van der Waals surface area contributed by atoms with E-state index in [0.29, 0.717) is 10.6 Å². The molecule has 3 heterocycles. The summed E-state index contributed by atoms with van der Waals surface area (Å²) >= 11 is 1.23. The van der Waals surface area contributed by atoms with E-state index >= 15 is 0 Å². The molecule has 0 spiro atoms. The molecule has 0 aromatic carbocycles. The molecule has 3 aromatic heterocycles. The molecular formula is C14H10N4O3S. The van der Waals surface area contributed by atoms with Gasteiger partial charge >= 0.3 is 5.97 Å². The predicted molar refractivity (Wildman–Crippen MR) is 78.2 cm³/mol. The molecule has 0 amide bonds. The quantitative estimate of drug-likeness (QED) is 0.538. The predicted octanol–water partition coefficient (Wildman–Crippen LogP) is 1.74.